The second-order valence-electron chi connectivity index (χ2n) is 5.61. The van der Waals surface area contributed by atoms with Gasteiger partial charge in [0.2, 0.25) is 5.91 Å². The lowest BCUT2D eigenvalue weighted by atomic mass is 9.98. The Morgan fingerprint density at radius 3 is 2.38 bits per heavy atom. The van der Waals surface area contributed by atoms with Crippen LogP contribution < -0.4 is 10.5 Å². The van der Waals surface area contributed by atoms with E-state index in [1.807, 2.05) is 24.3 Å². The third-order valence-electron chi connectivity index (χ3n) is 3.71. The summed E-state index contributed by atoms with van der Waals surface area (Å²) in [6, 6.07) is 13.3. The molecule has 128 valence electrons. The zero-order valence-electron chi connectivity index (χ0n) is 13.1. The van der Waals surface area contributed by atoms with E-state index in [4.69, 9.17) is 5.73 Å². The van der Waals surface area contributed by atoms with Crippen LogP contribution in [0.25, 0.3) is 11.1 Å². The fourth-order valence-electron chi connectivity index (χ4n) is 2.26. The summed E-state index contributed by atoms with van der Waals surface area (Å²) in [6.45, 7) is 1.78. The molecule has 0 fully saturated rings. The van der Waals surface area contributed by atoms with Gasteiger partial charge in [0.1, 0.15) is 5.75 Å². The van der Waals surface area contributed by atoms with E-state index in [9.17, 15) is 18.0 Å². The molecule has 0 spiro atoms. The van der Waals surface area contributed by atoms with Crippen molar-refractivity contribution in [3.63, 3.8) is 0 Å². The molecule has 2 aromatic carbocycles. The number of ether oxygens (including phenoxy) is 1. The van der Waals surface area contributed by atoms with Crippen molar-refractivity contribution >= 4 is 5.91 Å². The quantitative estimate of drug-likeness (QED) is 0.854. The van der Waals surface area contributed by atoms with Crippen LogP contribution in [0.15, 0.2) is 48.5 Å². The highest BCUT2D eigenvalue weighted by atomic mass is 19.4. The van der Waals surface area contributed by atoms with Crippen LogP contribution in [0.2, 0.25) is 0 Å². The molecule has 0 aromatic heterocycles. The van der Waals surface area contributed by atoms with Crippen molar-refractivity contribution in [2.75, 3.05) is 0 Å². The minimum atomic E-state index is -4.71. The highest BCUT2D eigenvalue weighted by Gasteiger charge is 2.31. The number of rotatable bonds is 6. The largest absolute Gasteiger partial charge is 0.573 e. The summed E-state index contributed by atoms with van der Waals surface area (Å²) < 4.78 is 40.8. The maximum atomic E-state index is 12.3. The van der Waals surface area contributed by atoms with E-state index in [1.165, 1.54) is 18.2 Å². The average Bonchev–Trinajstić information content (AvgIpc) is 2.51. The van der Waals surface area contributed by atoms with E-state index in [0.29, 0.717) is 18.4 Å². The van der Waals surface area contributed by atoms with E-state index in [1.54, 1.807) is 13.0 Å². The molecule has 0 aliphatic rings. The maximum Gasteiger partial charge on any atom is 0.573 e. The molecule has 24 heavy (non-hydrogen) atoms. The summed E-state index contributed by atoms with van der Waals surface area (Å²) in [5.41, 5.74) is 7.68. The van der Waals surface area contributed by atoms with Crippen LogP contribution in [-0.4, -0.2) is 12.3 Å². The molecule has 2 aromatic rings. The van der Waals surface area contributed by atoms with Gasteiger partial charge in [-0.15, -0.1) is 13.2 Å². The monoisotopic (exact) mass is 337 g/mol. The number of alkyl halides is 3. The number of carbonyl (C=O) groups is 1. The van der Waals surface area contributed by atoms with Crippen molar-refractivity contribution in [1.82, 2.24) is 0 Å². The maximum absolute atomic E-state index is 12.3. The van der Waals surface area contributed by atoms with Crippen molar-refractivity contribution in [3.05, 3.63) is 54.1 Å². The Bertz CT molecular complexity index is 696. The first-order valence-electron chi connectivity index (χ1n) is 7.49. The molecule has 0 aliphatic carbocycles. The molecule has 0 saturated heterocycles. The fraction of sp³-hybridized carbons (Fsp3) is 0.278. The normalized spacial score (nSPS) is 12.7. The van der Waals surface area contributed by atoms with Gasteiger partial charge in [0.05, 0.1) is 0 Å². The van der Waals surface area contributed by atoms with Crippen LogP contribution in [0.1, 0.15) is 18.9 Å². The summed E-state index contributed by atoms with van der Waals surface area (Å²) in [5.74, 6) is -0.770. The van der Waals surface area contributed by atoms with Gasteiger partial charge in [-0.25, -0.2) is 0 Å². The summed E-state index contributed by atoms with van der Waals surface area (Å²) in [5, 5.41) is 0. The van der Waals surface area contributed by atoms with Crippen LogP contribution in [0.4, 0.5) is 13.2 Å². The van der Waals surface area contributed by atoms with Gasteiger partial charge >= 0.3 is 6.36 Å². The molecular weight excluding hydrogens is 319 g/mol. The molecule has 2 rings (SSSR count). The van der Waals surface area contributed by atoms with Gasteiger partial charge < -0.3 is 10.5 Å². The minimum Gasteiger partial charge on any atom is -0.406 e. The third-order valence-corrected chi connectivity index (χ3v) is 3.71. The van der Waals surface area contributed by atoms with Crippen LogP contribution in [0.5, 0.6) is 5.75 Å². The van der Waals surface area contributed by atoms with E-state index < -0.39 is 6.36 Å². The van der Waals surface area contributed by atoms with E-state index in [0.717, 1.165) is 11.1 Å². The van der Waals surface area contributed by atoms with Gasteiger partial charge in [-0.1, -0.05) is 43.3 Å². The molecule has 1 atom stereocenters. The summed E-state index contributed by atoms with van der Waals surface area (Å²) in [4.78, 5) is 11.0. The number of halogens is 3. The Morgan fingerprint density at radius 2 is 1.79 bits per heavy atom. The van der Waals surface area contributed by atoms with Crippen molar-refractivity contribution in [2.24, 2.45) is 11.7 Å². The van der Waals surface area contributed by atoms with Gasteiger partial charge in [0.15, 0.2) is 0 Å². The SMILES string of the molecule is C[C@H](CCc1ccc(-c2cccc(OC(F)(F)F)c2)cc1)C(N)=O. The lowest BCUT2D eigenvalue weighted by molar-refractivity contribution is -0.274. The summed E-state index contributed by atoms with van der Waals surface area (Å²) in [7, 11) is 0. The van der Waals surface area contributed by atoms with Gasteiger partial charge in [-0.3, -0.25) is 4.79 Å². The van der Waals surface area contributed by atoms with Crippen molar-refractivity contribution in [3.8, 4) is 16.9 Å². The van der Waals surface area contributed by atoms with Gasteiger partial charge in [0.25, 0.3) is 0 Å². The van der Waals surface area contributed by atoms with Crippen molar-refractivity contribution in [1.29, 1.82) is 0 Å². The lowest BCUT2D eigenvalue weighted by Gasteiger charge is -2.11. The molecule has 0 saturated carbocycles. The Kier molecular flexibility index (Phi) is 5.49. The standard InChI is InChI=1S/C18H18F3NO2/c1-12(17(22)23)5-6-13-7-9-14(10-8-13)15-3-2-4-16(11-15)24-18(19,20)21/h2-4,7-12H,5-6H2,1H3,(H2,22,23)/t12-/m1/s1. The predicted octanol–water partition coefficient (Wildman–Crippen LogP) is 4.31. The number of hydrogen-bond acceptors (Lipinski definition) is 2. The van der Waals surface area contributed by atoms with Gasteiger partial charge in [-0.2, -0.15) is 0 Å². The highest BCUT2D eigenvalue weighted by Crippen LogP contribution is 2.28. The lowest BCUT2D eigenvalue weighted by Crippen LogP contribution is -2.20. The zero-order valence-corrected chi connectivity index (χ0v) is 13.1. The van der Waals surface area contributed by atoms with Crippen molar-refractivity contribution in [2.45, 2.75) is 26.1 Å². The predicted molar refractivity (Wildman–Crippen MR) is 85.2 cm³/mol. The number of amides is 1. The fourth-order valence-corrected chi connectivity index (χ4v) is 2.26. The second kappa shape index (κ2) is 7.38. The minimum absolute atomic E-state index is 0.194. The number of benzene rings is 2. The molecular formula is C18H18F3NO2. The Balaban J connectivity index is 2.08. The number of nitrogens with two attached hydrogens (primary N) is 1. The van der Waals surface area contributed by atoms with E-state index in [2.05, 4.69) is 4.74 Å². The number of aryl methyl sites for hydroxylation is 1. The van der Waals surface area contributed by atoms with Gasteiger partial charge in [-0.05, 0) is 41.7 Å². The Labute approximate surface area is 138 Å². The first kappa shape index (κ1) is 17.8. The highest BCUT2D eigenvalue weighted by molar-refractivity contribution is 5.76. The number of hydrogen-bond donors (Lipinski definition) is 1. The Morgan fingerprint density at radius 1 is 1.12 bits per heavy atom. The molecule has 6 heteroatoms. The number of carbonyl (C=O) groups excluding carboxylic acids is 1. The summed E-state index contributed by atoms with van der Waals surface area (Å²) in [6.07, 6.45) is -3.34. The first-order chi connectivity index (χ1) is 11.2. The van der Waals surface area contributed by atoms with Gasteiger partial charge in [0, 0.05) is 5.92 Å². The van der Waals surface area contributed by atoms with E-state index >= 15 is 0 Å². The first-order valence-corrected chi connectivity index (χ1v) is 7.49. The van der Waals surface area contributed by atoms with Crippen LogP contribution in [0.3, 0.4) is 0 Å². The molecule has 2 N–H and O–H groups in total. The van der Waals surface area contributed by atoms with Crippen LogP contribution in [0, 0.1) is 5.92 Å². The smallest absolute Gasteiger partial charge is 0.406 e. The molecule has 0 radical (unpaired) electrons. The molecule has 0 heterocycles. The third kappa shape index (κ3) is 5.30. The molecule has 0 bridgehead atoms. The summed E-state index contributed by atoms with van der Waals surface area (Å²) >= 11 is 0. The molecule has 0 aliphatic heterocycles. The molecule has 1 amide bonds. The van der Waals surface area contributed by atoms with Crippen molar-refractivity contribution < 1.29 is 22.7 Å². The second-order valence-corrected chi connectivity index (χ2v) is 5.61. The average molecular weight is 337 g/mol. The zero-order chi connectivity index (χ0) is 17.7. The van der Waals surface area contributed by atoms with E-state index in [-0.39, 0.29) is 17.6 Å². The topological polar surface area (TPSA) is 52.3 Å². The van der Waals surface area contributed by atoms with Crippen LogP contribution in [-0.2, 0) is 11.2 Å². The van der Waals surface area contributed by atoms with Crippen LogP contribution >= 0.6 is 0 Å². The Hall–Kier alpha value is -2.50. The molecule has 3 nitrogen and oxygen atoms in total. The number of primary amides is 1. The molecule has 0 unspecified atom stereocenters.